The average molecular weight is 245 g/mol. The number of carbonyl (C=O) groups excluding carboxylic acids is 1. The standard InChI is InChI=1S/C15H19NO2/c1-11(2)13-10-18-15(9-8-14(17)16(13)15)12-6-4-3-5-7-12/h3-7,11,13H,8-10H2,1-2H3/t13?,15-/m1/s1. The molecule has 2 atom stereocenters. The molecule has 0 aliphatic carbocycles. The van der Waals surface area contributed by atoms with E-state index in [-0.39, 0.29) is 11.9 Å². The summed E-state index contributed by atoms with van der Waals surface area (Å²) in [6.07, 6.45) is 1.37. The summed E-state index contributed by atoms with van der Waals surface area (Å²) in [4.78, 5) is 14.2. The summed E-state index contributed by atoms with van der Waals surface area (Å²) in [7, 11) is 0. The fourth-order valence-electron chi connectivity index (χ4n) is 3.17. The van der Waals surface area contributed by atoms with E-state index < -0.39 is 5.72 Å². The van der Waals surface area contributed by atoms with Gasteiger partial charge >= 0.3 is 0 Å². The molecule has 0 saturated carbocycles. The van der Waals surface area contributed by atoms with Crippen molar-refractivity contribution in [1.29, 1.82) is 0 Å². The maximum atomic E-state index is 12.2. The Balaban J connectivity index is 2.04. The molecular weight excluding hydrogens is 226 g/mol. The lowest BCUT2D eigenvalue weighted by Gasteiger charge is -2.34. The Morgan fingerprint density at radius 2 is 2.06 bits per heavy atom. The summed E-state index contributed by atoms with van der Waals surface area (Å²) in [6, 6.07) is 10.4. The second kappa shape index (κ2) is 4.09. The van der Waals surface area contributed by atoms with Crippen LogP contribution in [0.5, 0.6) is 0 Å². The zero-order valence-corrected chi connectivity index (χ0v) is 10.9. The van der Waals surface area contributed by atoms with Gasteiger partial charge in [-0.25, -0.2) is 0 Å². The second-order valence-corrected chi connectivity index (χ2v) is 5.54. The van der Waals surface area contributed by atoms with Gasteiger partial charge in [-0.05, 0) is 5.92 Å². The lowest BCUT2D eigenvalue weighted by Crippen LogP contribution is -2.45. The molecule has 1 unspecified atom stereocenters. The monoisotopic (exact) mass is 245 g/mol. The fourth-order valence-corrected chi connectivity index (χ4v) is 3.17. The molecular formula is C15H19NO2. The first-order chi connectivity index (χ1) is 8.65. The van der Waals surface area contributed by atoms with Crippen LogP contribution in [-0.4, -0.2) is 23.5 Å². The third-order valence-corrected chi connectivity index (χ3v) is 4.15. The number of nitrogens with zero attached hydrogens (tertiary/aromatic N) is 1. The van der Waals surface area contributed by atoms with Gasteiger partial charge in [0.05, 0.1) is 12.6 Å². The quantitative estimate of drug-likeness (QED) is 0.801. The predicted octanol–water partition coefficient (Wildman–Crippen LogP) is 2.52. The number of ether oxygens (including phenoxy) is 1. The molecule has 2 heterocycles. The van der Waals surface area contributed by atoms with Crippen LogP contribution < -0.4 is 0 Å². The summed E-state index contributed by atoms with van der Waals surface area (Å²) in [5.41, 5.74) is 0.617. The summed E-state index contributed by atoms with van der Waals surface area (Å²) in [5.74, 6) is 0.660. The lowest BCUT2D eigenvalue weighted by molar-refractivity contribution is -0.140. The Labute approximate surface area is 108 Å². The van der Waals surface area contributed by atoms with Gasteiger partial charge < -0.3 is 9.64 Å². The van der Waals surface area contributed by atoms with Crippen molar-refractivity contribution in [1.82, 2.24) is 4.90 Å². The number of hydrogen-bond acceptors (Lipinski definition) is 2. The Bertz CT molecular complexity index is 457. The number of amides is 1. The van der Waals surface area contributed by atoms with Crippen molar-refractivity contribution in [2.75, 3.05) is 6.61 Å². The molecule has 3 nitrogen and oxygen atoms in total. The molecule has 96 valence electrons. The number of hydrogen-bond donors (Lipinski definition) is 0. The number of fused-ring (bicyclic) bond motifs is 1. The average Bonchev–Trinajstić information content (AvgIpc) is 2.91. The van der Waals surface area contributed by atoms with Gasteiger partial charge in [0.25, 0.3) is 0 Å². The van der Waals surface area contributed by atoms with Gasteiger partial charge in [0.15, 0.2) is 5.72 Å². The van der Waals surface area contributed by atoms with E-state index in [0.717, 1.165) is 12.0 Å². The van der Waals surface area contributed by atoms with Gasteiger partial charge in [-0.3, -0.25) is 4.79 Å². The number of carbonyl (C=O) groups is 1. The van der Waals surface area contributed by atoms with Crippen molar-refractivity contribution < 1.29 is 9.53 Å². The van der Waals surface area contributed by atoms with Crippen LogP contribution in [0.15, 0.2) is 30.3 Å². The van der Waals surface area contributed by atoms with E-state index in [9.17, 15) is 4.79 Å². The van der Waals surface area contributed by atoms with Crippen LogP contribution in [0.3, 0.4) is 0 Å². The Kier molecular flexibility index (Phi) is 2.67. The van der Waals surface area contributed by atoms with Gasteiger partial charge in [-0.1, -0.05) is 44.2 Å². The van der Waals surface area contributed by atoms with Crippen LogP contribution in [0, 0.1) is 5.92 Å². The highest BCUT2D eigenvalue weighted by atomic mass is 16.5. The van der Waals surface area contributed by atoms with Gasteiger partial charge in [0.1, 0.15) is 0 Å². The van der Waals surface area contributed by atoms with Gasteiger partial charge in [-0.2, -0.15) is 0 Å². The lowest BCUT2D eigenvalue weighted by atomic mass is 9.98. The normalized spacial score (nSPS) is 31.2. The van der Waals surface area contributed by atoms with E-state index >= 15 is 0 Å². The molecule has 0 aromatic heterocycles. The van der Waals surface area contributed by atoms with Gasteiger partial charge in [0, 0.05) is 18.4 Å². The minimum atomic E-state index is -0.493. The Morgan fingerprint density at radius 3 is 2.72 bits per heavy atom. The summed E-state index contributed by atoms with van der Waals surface area (Å²) >= 11 is 0. The van der Waals surface area contributed by atoms with Crippen molar-refractivity contribution >= 4 is 5.91 Å². The van der Waals surface area contributed by atoms with Crippen LogP contribution in [0.25, 0.3) is 0 Å². The van der Waals surface area contributed by atoms with Crippen LogP contribution in [0.1, 0.15) is 32.3 Å². The predicted molar refractivity (Wildman–Crippen MR) is 68.8 cm³/mol. The summed E-state index contributed by atoms with van der Waals surface area (Å²) in [5, 5.41) is 0. The number of benzene rings is 1. The van der Waals surface area contributed by atoms with E-state index in [2.05, 4.69) is 26.0 Å². The van der Waals surface area contributed by atoms with Crippen LogP contribution in [-0.2, 0) is 15.3 Å². The zero-order valence-electron chi connectivity index (χ0n) is 10.9. The van der Waals surface area contributed by atoms with Crippen molar-refractivity contribution in [3.05, 3.63) is 35.9 Å². The number of rotatable bonds is 2. The molecule has 1 aromatic rings. The fraction of sp³-hybridized carbons (Fsp3) is 0.533. The third-order valence-electron chi connectivity index (χ3n) is 4.15. The van der Waals surface area contributed by atoms with Gasteiger partial charge in [0.2, 0.25) is 5.91 Å². The molecule has 1 aromatic carbocycles. The molecule has 18 heavy (non-hydrogen) atoms. The van der Waals surface area contributed by atoms with E-state index in [0.29, 0.717) is 18.9 Å². The third kappa shape index (κ3) is 1.50. The van der Waals surface area contributed by atoms with Crippen molar-refractivity contribution in [3.8, 4) is 0 Å². The maximum Gasteiger partial charge on any atom is 0.225 e. The molecule has 2 saturated heterocycles. The first-order valence-electron chi connectivity index (χ1n) is 6.67. The van der Waals surface area contributed by atoms with Crippen LogP contribution in [0.4, 0.5) is 0 Å². The highest BCUT2D eigenvalue weighted by Crippen LogP contribution is 2.47. The smallest absolute Gasteiger partial charge is 0.225 e. The minimum Gasteiger partial charge on any atom is -0.349 e. The SMILES string of the molecule is CC(C)C1CO[C@@]2(c3ccccc3)CCC(=O)N12. The van der Waals surface area contributed by atoms with Crippen molar-refractivity contribution in [3.63, 3.8) is 0 Å². The molecule has 0 N–H and O–H groups in total. The summed E-state index contributed by atoms with van der Waals surface area (Å²) in [6.45, 7) is 4.96. The molecule has 2 aliphatic rings. The molecule has 2 aliphatic heterocycles. The van der Waals surface area contributed by atoms with Gasteiger partial charge in [-0.15, -0.1) is 0 Å². The van der Waals surface area contributed by atoms with Crippen molar-refractivity contribution in [2.24, 2.45) is 5.92 Å². The van der Waals surface area contributed by atoms with Crippen LogP contribution in [0.2, 0.25) is 0 Å². The molecule has 3 rings (SSSR count). The van der Waals surface area contributed by atoms with E-state index in [1.54, 1.807) is 0 Å². The molecule has 0 spiro atoms. The van der Waals surface area contributed by atoms with E-state index in [1.165, 1.54) is 0 Å². The Morgan fingerprint density at radius 1 is 1.33 bits per heavy atom. The molecule has 3 heteroatoms. The highest BCUT2D eigenvalue weighted by molar-refractivity contribution is 5.80. The second-order valence-electron chi connectivity index (χ2n) is 5.54. The Hall–Kier alpha value is -1.35. The molecule has 2 fully saturated rings. The summed E-state index contributed by atoms with van der Waals surface area (Å²) < 4.78 is 6.10. The molecule has 1 amide bonds. The molecule has 0 bridgehead atoms. The van der Waals surface area contributed by atoms with E-state index in [4.69, 9.17) is 4.74 Å². The largest absolute Gasteiger partial charge is 0.349 e. The first kappa shape index (κ1) is 11.7. The first-order valence-corrected chi connectivity index (χ1v) is 6.67. The molecule has 0 radical (unpaired) electrons. The zero-order chi connectivity index (χ0) is 12.8. The maximum absolute atomic E-state index is 12.2. The minimum absolute atomic E-state index is 0.209. The topological polar surface area (TPSA) is 29.5 Å². The van der Waals surface area contributed by atoms with E-state index in [1.807, 2.05) is 23.1 Å². The van der Waals surface area contributed by atoms with Crippen molar-refractivity contribution in [2.45, 2.75) is 38.5 Å². The van der Waals surface area contributed by atoms with Crippen LogP contribution >= 0.6 is 0 Å². The highest BCUT2D eigenvalue weighted by Gasteiger charge is 2.55.